The SMILES string of the molecule is CC[C@@H](CN1CCCC1)NC(=O)CCn1c(=O)oc2ccccc21. The number of amides is 1. The molecule has 1 aliphatic heterocycles. The first-order chi connectivity index (χ1) is 11.7. The number of likely N-dealkylation sites (tertiary alicyclic amines) is 1. The van der Waals surface area contributed by atoms with Crippen LogP contribution in [0.1, 0.15) is 32.6 Å². The molecule has 0 spiro atoms. The van der Waals surface area contributed by atoms with Crippen molar-refractivity contribution >= 4 is 17.0 Å². The van der Waals surface area contributed by atoms with Crippen molar-refractivity contribution in [2.24, 2.45) is 0 Å². The second-order valence-electron chi connectivity index (χ2n) is 6.42. The van der Waals surface area contributed by atoms with Crippen LogP contribution in [0.15, 0.2) is 33.5 Å². The summed E-state index contributed by atoms with van der Waals surface area (Å²) in [4.78, 5) is 26.6. The molecule has 0 unspecified atom stereocenters. The second-order valence-corrected chi connectivity index (χ2v) is 6.42. The van der Waals surface area contributed by atoms with E-state index in [1.807, 2.05) is 18.2 Å². The molecule has 3 rings (SSSR count). The number of aryl methyl sites for hydroxylation is 1. The molecule has 24 heavy (non-hydrogen) atoms. The van der Waals surface area contributed by atoms with E-state index >= 15 is 0 Å². The predicted molar refractivity (Wildman–Crippen MR) is 93.0 cm³/mol. The zero-order chi connectivity index (χ0) is 16.9. The Morgan fingerprint density at radius 1 is 1.29 bits per heavy atom. The van der Waals surface area contributed by atoms with Gasteiger partial charge >= 0.3 is 5.76 Å². The second kappa shape index (κ2) is 7.66. The van der Waals surface area contributed by atoms with Crippen molar-refractivity contribution in [2.75, 3.05) is 19.6 Å². The van der Waals surface area contributed by atoms with Crippen molar-refractivity contribution in [1.82, 2.24) is 14.8 Å². The summed E-state index contributed by atoms with van der Waals surface area (Å²) in [5.74, 6) is -0.425. The molecule has 130 valence electrons. The molecule has 0 radical (unpaired) electrons. The minimum absolute atomic E-state index is 0.0155. The van der Waals surface area contributed by atoms with Gasteiger partial charge in [0.25, 0.3) is 0 Å². The highest BCUT2D eigenvalue weighted by Gasteiger charge is 2.18. The van der Waals surface area contributed by atoms with Crippen LogP contribution < -0.4 is 11.1 Å². The fraction of sp³-hybridized carbons (Fsp3) is 0.556. The summed E-state index contributed by atoms with van der Waals surface area (Å²) < 4.78 is 6.72. The summed E-state index contributed by atoms with van der Waals surface area (Å²) in [5, 5.41) is 3.10. The standard InChI is InChI=1S/C18H25N3O3/c1-2-14(13-20-10-5-6-11-20)19-17(22)9-12-21-15-7-3-4-8-16(15)24-18(21)23/h3-4,7-8,14H,2,5-6,9-13H2,1H3,(H,19,22)/t14-/m0/s1. The van der Waals surface area contributed by atoms with Gasteiger partial charge in [-0.2, -0.15) is 0 Å². The molecular weight excluding hydrogens is 306 g/mol. The predicted octanol–water partition coefficient (Wildman–Crippen LogP) is 1.98. The van der Waals surface area contributed by atoms with E-state index in [0.717, 1.165) is 31.6 Å². The molecule has 0 bridgehead atoms. The van der Waals surface area contributed by atoms with E-state index < -0.39 is 5.76 Å². The maximum absolute atomic E-state index is 12.3. The van der Waals surface area contributed by atoms with Gasteiger partial charge in [0.2, 0.25) is 5.91 Å². The van der Waals surface area contributed by atoms with Crippen LogP contribution >= 0.6 is 0 Å². The van der Waals surface area contributed by atoms with Gasteiger partial charge in [0.15, 0.2) is 5.58 Å². The summed E-state index contributed by atoms with van der Waals surface area (Å²) in [7, 11) is 0. The van der Waals surface area contributed by atoms with E-state index in [4.69, 9.17) is 4.42 Å². The summed E-state index contributed by atoms with van der Waals surface area (Å²) in [5.41, 5.74) is 1.29. The number of aromatic nitrogens is 1. The lowest BCUT2D eigenvalue weighted by molar-refractivity contribution is -0.122. The van der Waals surface area contributed by atoms with E-state index in [1.54, 1.807) is 6.07 Å². The number of hydrogen-bond donors (Lipinski definition) is 1. The van der Waals surface area contributed by atoms with Gasteiger partial charge in [-0.25, -0.2) is 4.79 Å². The number of nitrogens with one attached hydrogen (secondary N) is 1. The molecule has 1 amide bonds. The molecule has 6 nitrogen and oxygen atoms in total. The minimum atomic E-state index is -0.409. The topological polar surface area (TPSA) is 67.5 Å². The smallest absolute Gasteiger partial charge is 0.408 e. The number of carbonyl (C=O) groups is 1. The maximum atomic E-state index is 12.3. The summed E-state index contributed by atoms with van der Waals surface area (Å²) >= 11 is 0. The molecule has 1 fully saturated rings. The van der Waals surface area contributed by atoms with Crippen LogP contribution in [0, 0.1) is 0 Å². The van der Waals surface area contributed by atoms with E-state index in [2.05, 4.69) is 17.1 Å². The van der Waals surface area contributed by atoms with Gasteiger partial charge in [0.05, 0.1) is 5.52 Å². The molecule has 1 aromatic heterocycles. The number of carbonyl (C=O) groups excluding carboxylic acids is 1. The lowest BCUT2D eigenvalue weighted by Crippen LogP contribution is -2.43. The van der Waals surface area contributed by atoms with Crippen molar-refractivity contribution in [3.63, 3.8) is 0 Å². The number of rotatable bonds is 7. The average Bonchev–Trinajstić information content (AvgIpc) is 3.19. The van der Waals surface area contributed by atoms with Crippen molar-refractivity contribution in [1.29, 1.82) is 0 Å². The monoisotopic (exact) mass is 331 g/mol. The average molecular weight is 331 g/mol. The maximum Gasteiger partial charge on any atom is 0.419 e. The van der Waals surface area contributed by atoms with Gasteiger partial charge in [0.1, 0.15) is 0 Å². The summed E-state index contributed by atoms with van der Waals surface area (Å²) in [6, 6.07) is 7.45. The van der Waals surface area contributed by atoms with Gasteiger partial charge in [-0.3, -0.25) is 9.36 Å². The molecule has 1 aliphatic rings. The van der Waals surface area contributed by atoms with Crippen molar-refractivity contribution in [3.05, 3.63) is 34.8 Å². The Bertz CT molecular complexity index is 743. The Kier molecular flexibility index (Phi) is 5.35. The van der Waals surface area contributed by atoms with Gasteiger partial charge in [-0.1, -0.05) is 19.1 Å². The molecule has 1 aromatic carbocycles. The van der Waals surface area contributed by atoms with Crippen LogP contribution in [-0.2, 0) is 11.3 Å². The molecule has 1 saturated heterocycles. The van der Waals surface area contributed by atoms with Crippen molar-refractivity contribution in [2.45, 2.75) is 45.2 Å². The zero-order valence-electron chi connectivity index (χ0n) is 14.2. The van der Waals surface area contributed by atoms with E-state index in [9.17, 15) is 9.59 Å². The van der Waals surface area contributed by atoms with Gasteiger partial charge in [-0.05, 0) is 44.5 Å². The molecule has 0 aliphatic carbocycles. The third-order valence-corrected chi connectivity index (χ3v) is 4.67. The highest BCUT2D eigenvalue weighted by Crippen LogP contribution is 2.12. The first kappa shape index (κ1) is 16.8. The number of nitrogens with zero attached hydrogens (tertiary/aromatic N) is 2. The van der Waals surface area contributed by atoms with E-state index in [-0.39, 0.29) is 18.4 Å². The van der Waals surface area contributed by atoms with Crippen LogP contribution in [0.4, 0.5) is 0 Å². The number of fused-ring (bicyclic) bond motifs is 1. The van der Waals surface area contributed by atoms with Gasteiger partial charge in [-0.15, -0.1) is 0 Å². The Labute approximate surface area is 141 Å². The van der Waals surface area contributed by atoms with E-state index in [1.165, 1.54) is 17.4 Å². The fourth-order valence-corrected chi connectivity index (χ4v) is 3.29. The van der Waals surface area contributed by atoms with Crippen molar-refractivity contribution < 1.29 is 9.21 Å². The highest BCUT2D eigenvalue weighted by molar-refractivity contribution is 5.77. The van der Waals surface area contributed by atoms with Crippen LogP contribution in [-0.4, -0.2) is 41.1 Å². The quantitative estimate of drug-likeness (QED) is 0.842. The van der Waals surface area contributed by atoms with Crippen LogP contribution in [0.3, 0.4) is 0 Å². The van der Waals surface area contributed by atoms with Crippen LogP contribution in [0.2, 0.25) is 0 Å². The number of hydrogen-bond acceptors (Lipinski definition) is 4. The summed E-state index contributed by atoms with van der Waals surface area (Å²) in [6.45, 7) is 5.60. The lowest BCUT2D eigenvalue weighted by atomic mass is 10.2. The first-order valence-corrected chi connectivity index (χ1v) is 8.77. The molecule has 6 heteroatoms. The number of benzene rings is 1. The molecule has 1 N–H and O–H groups in total. The molecule has 0 saturated carbocycles. The number of oxazole rings is 1. The third kappa shape index (κ3) is 3.87. The third-order valence-electron chi connectivity index (χ3n) is 4.67. The Hall–Kier alpha value is -2.08. The molecule has 2 aromatic rings. The number of para-hydroxylation sites is 2. The lowest BCUT2D eigenvalue weighted by Gasteiger charge is -2.23. The van der Waals surface area contributed by atoms with Crippen LogP contribution in [0.5, 0.6) is 0 Å². The van der Waals surface area contributed by atoms with Crippen molar-refractivity contribution in [3.8, 4) is 0 Å². The Morgan fingerprint density at radius 2 is 2.04 bits per heavy atom. The largest absolute Gasteiger partial charge is 0.419 e. The normalized spacial score (nSPS) is 16.5. The van der Waals surface area contributed by atoms with Crippen LogP contribution in [0.25, 0.3) is 11.1 Å². The Morgan fingerprint density at radius 3 is 2.79 bits per heavy atom. The highest BCUT2D eigenvalue weighted by atomic mass is 16.4. The fourth-order valence-electron chi connectivity index (χ4n) is 3.29. The minimum Gasteiger partial charge on any atom is -0.408 e. The molecular formula is C18H25N3O3. The molecule has 1 atom stereocenters. The zero-order valence-corrected chi connectivity index (χ0v) is 14.2. The van der Waals surface area contributed by atoms with E-state index in [0.29, 0.717) is 12.1 Å². The van der Waals surface area contributed by atoms with Gasteiger partial charge < -0.3 is 14.6 Å². The first-order valence-electron chi connectivity index (χ1n) is 8.77. The molecule has 2 heterocycles. The summed E-state index contributed by atoms with van der Waals surface area (Å²) in [6.07, 6.45) is 3.69. The Balaban J connectivity index is 1.56. The van der Waals surface area contributed by atoms with Gasteiger partial charge in [0, 0.05) is 25.6 Å².